The van der Waals surface area contributed by atoms with Gasteiger partial charge in [-0.25, -0.2) is 8.78 Å². The molecule has 2 rings (SSSR count). The van der Waals surface area contributed by atoms with Crippen LogP contribution in [0.1, 0.15) is 5.56 Å². The van der Waals surface area contributed by atoms with Crippen molar-refractivity contribution in [1.29, 1.82) is 0 Å². The molecule has 2 aromatic carbocycles. The van der Waals surface area contributed by atoms with Gasteiger partial charge in [-0.15, -0.1) is 0 Å². The number of halogens is 4. The Morgan fingerprint density at radius 1 is 0.812 bits per heavy atom. The molecule has 82 valence electrons. The minimum Gasteiger partial charge on any atom is -0.206 e. The standard InChI is InChI=1S/C12H6F4/c13-10-6-2-3-7-8(10)4-1-5-9(7)11(14)12(15)16/h1-6H. The van der Waals surface area contributed by atoms with Crippen LogP contribution in [0.2, 0.25) is 0 Å². The lowest BCUT2D eigenvalue weighted by Gasteiger charge is -2.04. The fourth-order valence-electron chi connectivity index (χ4n) is 1.56. The molecule has 16 heavy (non-hydrogen) atoms. The monoisotopic (exact) mass is 226 g/mol. The summed E-state index contributed by atoms with van der Waals surface area (Å²) in [5.41, 5.74) is -0.294. The Morgan fingerprint density at radius 2 is 1.44 bits per heavy atom. The molecule has 0 amide bonds. The highest BCUT2D eigenvalue weighted by molar-refractivity contribution is 5.92. The Morgan fingerprint density at radius 3 is 2.12 bits per heavy atom. The Kier molecular flexibility index (Phi) is 2.64. The first kappa shape index (κ1) is 10.7. The first-order chi connectivity index (χ1) is 7.61. The molecule has 2 aromatic rings. The van der Waals surface area contributed by atoms with Crippen LogP contribution >= 0.6 is 0 Å². The molecule has 0 saturated heterocycles. The van der Waals surface area contributed by atoms with Crippen molar-refractivity contribution in [2.75, 3.05) is 0 Å². The molecule has 0 atom stereocenters. The highest BCUT2D eigenvalue weighted by Gasteiger charge is 2.12. The third kappa shape index (κ3) is 1.66. The highest BCUT2D eigenvalue weighted by Crippen LogP contribution is 2.30. The highest BCUT2D eigenvalue weighted by atomic mass is 19.3. The van der Waals surface area contributed by atoms with Crippen LogP contribution in [-0.2, 0) is 0 Å². The largest absolute Gasteiger partial charge is 0.306 e. The molecule has 0 unspecified atom stereocenters. The van der Waals surface area contributed by atoms with Gasteiger partial charge in [0.1, 0.15) is 5.82 Å². The van der Waals surface area contributed by atoms with Crippen LogP contribution in [0.5, 0.6) is 0 Å². The maximum absolute atomic E-state index is 13.3. The number of hydrogen-bond acceptors (Lipinski definition) is 0. The summed E-state index contributed by atoms with van der Waals surface area (Å²) in [6.45, 7) is 0. The summed E-state index contributed by atoms with van der Waals surface area (Å²) < 4.78 is 50.7. The topological polar surface area (TPSA) is 0 Å². The van der Waals surface area contributed by atoms with E-state index in [2.05, 4.69) is 0 Å². The van der Waals surface area contributed by atoms with Gasteiger partial charge in [-0.05, 0) is 11.5 Å². The summed E-state index contributed by atoms with van der Waals surface area (Å²) >= 11 is 0. The average molecular weight is 226 g/mol. The molecule has 0 aliphatic rings. The van der Waals surface area contributed by atoms with Crippen LogP contribution in [0.3, 0.4) is 0 Å². The fraction of sp³-hybridized carbons (Fsp3) is 0. The number of hydrogen-bond donors (Lipinski definition) is 0. The molecule has 4 heteroatoms. The SMILES string of the molecule is FC(F)=C(F)c1cccc2c(F)cccc12. The zero-order valence-electron chi connectivity index (χ0n) is 7.98. The second-order valence-electron chi connectivity index (χ2n) is 3.21. The normalized spacial score (nSPS) is 10.5. The summed E-state index contributed by atoms with van der Waals surface area (Å²) in [5.74, 6) is -2.18. The third-order valence-electron chi connectivity index (χ3n) is 2.27. The van der Waals surface area contributed by atoms with Gasteiger partial charge in [0.05, 0.1) is 0 Å². The van der Waals surface area contributed by atoms with Crippen molar-refractivity contribution in [2.24, 2.45) is 0 Å². The maximum Gasteiger partial charge on any atom is 0.306 e. The zero-order chi connectivity index (χ0) is 11.7. The molecular formula is C12H6F4. The van der Waals surface area contributed by atoms with Crippen LogP contribution in [-0.4, -0.2) is 0 Å². The molecule has 0 N–H and O–H groups in total. The van der Waals surface area contributed by atoms with Gasteiger partial charge in [0.2, 0.25) is 0 Å². The van der Waals surface area contributed by atoms with Crippen LogP contribution in [0.15, 0.2) is 42.5 Å². The van der Waals surface area contributed by atoms with E-state index in [0.29, 0.717) is 0 Å². The van der Waals surface area contributed by atoms with Gasteiger partial charge in [0.25, 0.3) is 0 Å². The average Bonchev–Trinajstić information content (AvgIpc) is 2.28. The second kappa shape index (κ2) is 3.96. The van der Waals surface area contributed by atoms with Crippen molar-refractivity contribution in [3.05, 3.63) is 53.9 Å². The Hall–Kier alpha value is -1.84. The van der Waals surface area contributed by atoms with E-state index in [4.69, 9.17) is 0 Å². The van der Waals surface area contributed by atoms with E-state index >= 15 is 0 Å². The van der Waals surface area contributed by atoms with Crippen molar-refractivity contribution >= 4 is 16.6 Å². The molecule has 0 aliphatic heterocycles. The smallest absolute Gasteiger partial charge is 0.206 e. The van der Waals surface area contributed by atoms with Gasteiger partial charge < -0.3 is 0 Å². The molecule has 0 saturated carbocycles. The minimum absolute atomic E-state index is 0.122. The zero-order valence-corrected chi connectivity index (χ0v) is 7.98. The molecular weight excluding hydrogens is 220 g/mol. The van der Waals surface area contributed by atoms with E-state index < -0.39 is 17.7 Å². The molecule has 0 bridgehead atoms. The summed E-state index contributed by atoms with van der Waals surface area (Å²) in [4.78, 5) is 0. The lowest BCUT2D eigenvalue weighted by molar-refractivity contribution is 0.410. The van der Waals surface area contributed by atoms with Crippen molar-refractivity contribution in [2.45, 2.75) is 0 Å². The van der Waals surface area contributed by atoms with Gasteiger partial charge in [0, 0.05) is 10.9 Å². The summed E-state index contributed by atoms with van der Waals surface area (Å²) in [6, 6.07) is 7.89. The number of fused-ring (bicyclic) bond motifs is 1. The summed E-state index contributed by atoms with van der Waals surface area (Å²) in [6.07, 6.45) is -2.41. The number of benzene rings is 2. The Labute approximate surface area is 88.8 Å². The first-order valence-corrected chi connectivity index (χ1v) is 4.49. The van der Waals surface area contributed by atoms with E-state index in [9.17, 15) is 17.6 Å². The van der Waals surface area contributed by atoms with Crippen molar-refractivity contribution in [3.63, 3.8) is 0 Å². The van der Waals surface area contributed by atoms with Crippen LogP contribution in [0, 0.1) is 5.82 Å². The van der Waals surface area contributed by atoms with Gasteiger partial charge >= 0.3 is 6.08 Å². The first-order valence-electron chi connectivity index (χ1n) is 4.49. The van der Waals surface area contributed by atoms with Crippen LogP contribution in [0.4, 0.5) is 17.6 Å². The van der Waals surface area contributed by atoms with Gasteiger partial charge in [-0.2, -0.15) is 8.78 Å². The maximum atomic E-state index is 13.3. The van der Waals surface area contributed by atoms with E-state index in [1.165, 1.54) is 36.4 Å². The van der Waals surface area contributed by atoms with Crippen molar-refractivity contribution in [1.82, 2.24) is 0 Å². The van der Waals surface area contributed by atoms with E-state index in [0.717, 1.165) is 0 Å². The van der Waals surface area contributed by atoms with E-state index in [1.54, 1.807) is 0 Å². The van der Waals surface area contributed by atoms with Crippen LogP contribution in [0.25, 0.3) is 16.6 Å². The van der Waals surface area contributed by atoms with Gasteiger partial charge in [0.15, 0.2) is 5.83 Å². The van der Waals surface area contributed by atoms with E-state index in [-0.39, 0.29) is 16.3 Å². The Bertz CT molecular complexity index is 568. The third-order valence-corrected chi connectivity index (χ3v) is 2.27. The second-order valence-corrected chi connectivity index (χ2v) is 3.21. The quantitative estimate of drug-likeness (QED) is 0.627. The molecule has 0 spiro atoms. The Balaban J connectivity index is 2.83. The predicted octanol–water partition coefficient (Wildman–Crippen LogP) is 4.51. The predicted molar refractivity (Wildman–Crippen MR) is 54.2 cm³/mol. The number of rotatable bonds is 1. The van der Waals surface area contributed by atoms with Gasteiger partial charge in [-0.1, -0.05) is 30.3 Å². The molecule has 0 aromatic heterocycles. The molecule has 0 nitrogen and oxygen atoms in total. The van der Waals surface area contributed by atoms with E-state index in [1.807, 2.05) is 0 Å². The minimum atomic E-state index is -2.41. The molecule has 0 radical (unpaired) electrons. The van der Waals surface area contributed by atoms with Crippen molar-refractivity contribution < 1.29 is 17.6 Å². The molecule has 0 heterocycles. The molecule has 0 aliphatic carbocycles. The summed E-state index contributed by atoms with van der Waals surface area (Å²) in [7, 11) is 0. The summed E-state index contributed by atoms with van der Waals surface area (Å²) in [5, 5.41) is 0.254. The van der Waals surface area contributed by atoms with Gasteiger partial charge in [-0.3, -0.25) is 0 Å². The molecule has 0 fully saturated rings. The lowest BCUT2D eigenvalue weighted by Crippen LogP contribution is -1.86. The lowest BCUT2D eigenvalue weighted by atomic mass is 10.0. The van der Waals surface area contributed by atoms with Crippen molar-refractivity contribution in [3.8, 4) is 0 Å². The fourth-order valence-corrected chi connectivity index (χ4v) is 1.56. The van der Waals surface area contributed by atoms with Crippen LogP contribution < -0.4 is 0 Å².